The molecule has 1 N–H and O–H groups in total. The van der Waals surface area contributed by atoms with Crippen molar-refractivity contribution in [2.75, 3.05) is 18.5 Å². The van der Waals surface area contributed by atoms with E-state index in [1.807, 2.05) is 48.5 Å². The minimum Gasteiger partial charge on any atom is -0.494 e. The van der Waals surface area contributed by atoms with Crippen LogP contribution in [0.25, 0.3) is 6.08 Å². The van der Waals surface area contributed by atoms with Crippen LogP contribution in [0.3, 0.4) is 0 Å². The van der Waals surface area contributed by atoms with Crippen LogP contribution in [0, 0.1) is 0 Å². The molecule has 0 aliphatic carbocycles. The predicted molar refractivity (Wildman–Crippen MR) is 107 cm³/mol. The van der Waals surface area contributed by atoms with Crippen molar-refractivity contribution in [1.82, 2.24) is 0 Å². The highest BCUT2D eigenvalue weighted by Gasteiger charge is 2.02. The highest BCUT2D eigenvalue weighted by Crippen LogP contribution is 2.20. The van der Waals surface area contributed by atoms with Crippen LogP contribution in [0.5, 0.6) is 11.5 Å². The Labute approximate surface area is 155 Å². The van der Waals surface area contributed by atoms with Crippen LogP contribution < -0.4 is 14.8 Å². The van der Waals surface area contributed by atoms with E-state index in [2.05, 4.69) is 19.2 Å². The minimum atomic E-state index is -0.185. The summed E-state index contributed by atoms with van der Waals surface area (Å²) in [4.78, 5) is 12.1. The Morgan fingerprint density at radius 3 is 2.46 bits per heavy atom. The Balaban J connectivity index is 1.91. The number of rotatable bonds is 10. The van der Waals surface area contributed by atoms with E-state index < -0.39 is 0 Å². The zero-order valence-electron chi connectivity index (χ0n) is 15.5. The lowest BCUT2D eigenvalue weighted by Crippen LogP contribution is -2.07. The summed E-state index contributed by atoms with van der Waals surface area (Å²) in [6.45, 7) is 5.56. The van der Waals surface area contributed by atoms with E-state index in [1.54, 1.807) is 6.08 Å². The fraction of sp³-hybridized carbons (Fsp3) is 0.318. The molecule has 2 aromatic carbocycles. The summed E-state index contributed by atoms with van der Waals surface area (Å²) < 4.78 is 11.3. The van der Waals surface area contributed by atoms with Gasteiger partial charge in [-0.15, -0.1) is 0 Å². The molecule has 0 saturated carbocycles. The van der Waals surface area contributed by atoms with Gasteiger partial charge in [0.25, 0.3) is 0 Å². The molecule has 0 spiro atoms. The molecule has 0 heterocycles. The van der Waals surface area contributed by atoms with Gasteiger partial charge in [-0.05, 0) is 49.2 Å². The standard InChI is InChI=1S/C22H27NO3/c1-3-5-17-25-20-13-11-19(12-14-20)23-22(24)15-10-18-8-6-7-9-21(18)26-16-4-2/h6-15H,3-5,16-17H2,1-2H3,(H,23,24)/b15-10+. The highest BCUT2D eigenvalue weighted by atomic mass is 16.5. The monoisotopic (exact) mass is 353 g/mol. The van der Waals surface area contributed by atoms with Gasteiger partial charge in [-0.3, -0.25) is 4.79 Å². The summed E-state index contributed by atoms with van der Waals surface area (Å²) >= 11 is 0. The van der Waals surface area contributed by atoms with Crippen molar-refractivity contribution in [3.05, 3.63) is 60.2 Å². The van der Waals surface area contributed by atoms with E-state index in [0.717, 1.165) is 42.0 Å². The first kappa shape index (κ1) is 19.6. The van der Waals surface area contributed by atoms with Crippen LogP contribution in [0.4, 0.5) is 5.69 Å². The molecule has 4 nitrogen and oxygen atoms in total. The van der Waals surface area contributed by atoms with Crippen LogP contribution in [0.1, 0.15) is 38.7 Å². The Kier molecular flexibility index (Phi) is 8.27. The van der Waals surface area contributed by atoms with Crippen LogP contribution in [-0.4, -0.2) is 19.1 Å². The fourth-order valence-corrected chi connectivity index (χ4v) is 2.28. The van der Waals surface area contributed by atoms with Gasteiger partial charge in [-0.2, -0.15) is 0 Å². The van der Waals surface area contributed by atoms with Crippen molar-refractivity contribution in [3.63, 3.8) is 0 Å². The van der Waals surface area contributed by atoms with E-state index in [-0.39, 0.29) is 5.91 Å². The average Bonchev–Trinajstić information content (AvgIpc) is 2.67. The van der Waals surface area contributed by atoms with E-state index in [1.165, 1.54) is 6.08 Å². The largest absolute Gasteiger partial charge is 0.494 e. The highest BCUT2D eigenvalue weighted by molar-refractivity contribution is 6.02. The van der Waals surface area contributed by atoms with Gasteiger partial charge in [0, 0.05) is 17.3 Å². The Morgan fingerprint density at radius 2 is 1.73 bits per heavy atom. The number of nitrogens with one attached hydrogen (secondary N) is 1. The van der Waals surface area contributed by atoms with E-state index in [0.29, 0.717) is 13.2 Å². The van der Waals surface area contributed by atoms with Crippen molar-refractivity contribution >= 4 is 17.7 Å². The van der Waals surface area contributed by atoms with Crippen molar-refractivity contribution < 1.29 is 14.3 Å². The number of para-hydroxylation sites is 1. The normalized spacial score (nSPS) is 10.7. The van der Waals surface area contributed by atoms with E-state index in [4.69, 9.17) is 9.47 Å². The van der Waals surface area contributed by atoms with Crippen molar-refractivity contribution in [2.24, 2.45) is 0 Å². The van der Waals surface area contributed by atoms with Crippen molar-refractivity contribution in [2.45, 2.75) is 33.1 Å². The van der Waals surface area contributed by atoms with Crippen LogP contribution in [0.15, 0.2) is 54.6 Å². The maximum Gasteiger partial charge on any atom is 0.248 e. The summed E-state index contributed by atoms with van der Waals surface area (Å²) in [5, 5.41) is 2.85. The molecule has 0 aromatic heterocycles. The summed E-state index contributed by atoms with van der Waals surface area (Å²) in [7, 11) is 0. The first-order valence-electron chi connectivity index (χ1n) is 9.16. The lowest BCUT2D eigenvalue weighted by atomic mass is 10.2. The summed E-state index contributed by atoms with van der Waals surface area (Å²) in [6.07, 6.45) is 6.36. The maximum absolute atomic E-state index is 12.1. The van der Waals surface area contributed by atoms with Gasteiger partial charge in [0.05, 0.1) is 13.2 Å². The van der Waals surface area contributed by atoms with Gasteiger partial charge in [0.2, 0.25) is 5.91 Å². The summed E-state index contributed by atoms with van der Waals surface area (Å²) in [5.41, 5.74) is 1.62. The van der Waals surface area contributed by atoms with Crippen molar-refractivity contribution in [3.8, 4) is 11.5 Å². The maximum atomic E-state index is 12.1. The van der Waals surface area contributed by atoms with Crippen LogP contribution in [0.2, 0.25) is 0 Å². The second-order valence-corrected chi connectivity index (χ2v) is 5.94. The van der Waals surface area contributed by atoms with Gasteiger partial charge in [0.15, 0.2) is 0 Å². The lowest BCUT2D eigenvalue weighted by molar-refractivity contribution is -0.111. The number of benzene rings is 2. The molecule has 0 aliphatic heterocycles. The third-order valence-corrected chi connectivity index (χ3v) is 3.68. The molecule has 0 aliphatic rings. The quantitative estimate of drug-likeness (QED) is 0.465. The van der Waals surface area contributed by atoms with Gasteiger partial charge in [-0.25, -0.2) is 0 Å². The second-order valence-electron chi connectivity index (χ2n) is 5.94. The Morgan fingerprint density at radius 1 is 0.962 bits per heavy atom. The topological polar surface area (TPSA) is 47.6 Å². The molecule has 0 unspecified atom stereocenters. The third-order valence-electron chi connectivity index (χ3n) is 3.68. The van der Waals surface area contributed by atoms with Crippen LogP contribution in [-0.2, 0) is 4.79 Å². The number of hydrogen-bond donors (Lipinski definition) is 1. The summed E-state index contributed by atoms with van der Waals surface area (Å²) in [6, 6.07) is 15.1. The molecule has 0 radical (unpaired) electrons. The van der Waals surface area contributed by atoms with Gasteiger partial charge < -0.3 is 14.8 Å². The second kappa shape index (κ2) is 11.0. The SMILES string of the molecule is CCCCOc1ccc(NC(=O)/C=C/c2ccccc2OCCC)cc1. The molecular formula is C22H27NO3. The Bertz CT molecular complexity index is 708. The average molecular weight is 353 g/mol. The van der Waals surface area contributed by atoms with E-state index in [9.17, 15) is 4.79 Å². The molecule has 0 atom stereocenters. The molecular weight excluding hydrogens is 326 g/mol. The fourth-order valence-electron chi connectivity index (χ4n) is 2.28. The zero-order valence-corrected chi connectivity index (χ0v) is 15.5. The first-order chi connectivity index (χ1) is 12.7. The molecule has 0 saturated heterocycles. The molecule has 2 rings (SSSR count). The smallest absolute Gasteiger partial charge is 0.248 e. The predicted octanol–water partition coefficient (Wildman–Crippen LogP) is 5.31. The number of ether oxygens (including phenoxy) is 2. The molecule has 4 heteroatoms. The molecule has 0 fully saturated rings. The number of anilines is 1. The number of carbonyl (C=O) groups excluding carboxylic acids is 1. The lowest BCUT2D eigenvalue weighted by Gasteiger charge is -2.08. The summed E-state index contributed by atoms with van der Waals surface area (Å²) in [5.74, 6) is 1.41. The van der Waals surface area contributed by atoms with Gasteiger partial charge >= 0.3 is 0 Å². The number of unbranched alkanes of at least 4 members (excludes halogenated alkanes) is 1. The van der Waals surface area contributed by atoms with Gasteiger partial charge in [0.1, 0.15) is 11.5 Å². The molecule has 2 aromatic rings. The number of hydrogen-bond acceptors (Lipinski definition) is 3. The van der Waals surface area contributed by atoms with Crippen molar-refractivity contribution in [1.29, 1.82) is 0 Å². The molecule has 0 bridgehead atoms. The molecule has 138 valence electrons. The first-order valence-corrected chi connectivity index (χ1v) is 9.16. The van der Waals surface area contributed by atoms with E-state index >= 15 is 0 Å². The Hall–Kier alpha value is -2.75. The van der Waals surface area contributed by atoms with Gasteiger partial charge in [-0.1, -0.05) is 38.5 Å². The van der Waals surface area contributed by atoms with Crippen LogP contribution >= 0.6 is 0 Å². The molecule has 26 heavy (non-hydrogen) atoms. The number of carbonyl (C=O) groups is 1. The third kappa shape index (κ3) is 6.63. The number of amides is 1. The minimum absolute atomic E-state index is 0.185. The molecule has 1 amide bonds. The zero-order chi connectivity index (χ0) is 18.6.